The fourth-order valence-electron chi connectivity index (χ4n) is 4.01. The summed E-state index contributed by atoms with van der Waals surface area (Å²) in [5.74, 6) is 0.693. The van der Waals surface area contributed by atoms with Crippen LogP contribution in [0, 0.1) is 5.92 Å². The molecule has 2 aliphatic heterocycles. The largest absolute Gasteiger partial charge is 0.342 e. The normalized spacial score (nSPS) is 19.5. The number of rotatable bonds is 4. The lowest BCUT2D eigenvalue weighted by Crippen LogP contribution is -2.42. The van der Waals surface area contributed by atoms with Crippen LogP contribution in [0.15, 0.2) is 30.3 Å². The summed E-state index contributed by atoms with van der Waals surface area (Å²) in [6.45, 7) is 3.24. The van der Waals surface area contributed by atoms with Crippen LogP contribution < -0.4 is 0 Å². The van der Waals surface area contributed by atoms with E-state index in [9.17, 15) is 9.59 Å². The number of hydrogen-bond donors (Lipinski definition) is 0. The molecule has 0 radical (unpaired) electrons. The van der Waals surface area contributed by atoms with Crippen LogP contribution in [0.3, 0.4) is 0 Å². The van der Waals surface area contributed by atoms with Gasteiger partial charge in [0.15, 0.2) is 0 Å². The Labute approximate surface area is 151 Å². The second kappa shape index (κ2) is 9.02. The first-order valence-electron chi connectivity index (χ1n) is 9.82. The predicted octanol–water partition coefficient (Wildman–Crippen LogP) is 3.26. The molecule has 2 aliphatic rings. The monoisotopic (exact) mass is 342 g/mol. The van der Waals surface area contributed by atoms with E-state index < -0.39 is 0 Å². The van der Waals surface area contributed by atoms with Gasteiger partial charge >= 0.3 is 0 Å². The summed E-state index contributed by atoms with van der Waals surface area (Å²) < 4.78 is 0. The molecule has 0 atom stereocenters. The van der Waals surface area contributed by atoms with Crippen LogP contribution in [0.25, 0.3) is 0 Å². The van der Waals surface area contributed by atoms with Crippen molar-refractivity contribution < 1.29 is 9.59 Å². The van der Waals surface area contributed by atoms with Crippen LogP contribution in [0.5, 0.6) is 0 Å². The highest BCUT2D eigenvalue weighted by molar-refractivity contribution is 5.96. The SMILES string of the molecule is O=C(CC(=O)N1CCC(Cc2ccccc2)CC1)N1CCCCCC1. The second-order valence-electron chi connectivity index (χ2n) is 7.49. The van der Waals surface area contributed by atoms with Crippen LogP contribution in [-0.4, -0.2) is 47.8 Å². The number of piperidine rings is 1. The molecule has 136 valence electrons. The standard InChI is InChI=1S/C21H30N2O2/c24-20(22-12-6-1-2-7-13-22)17-21(25)23-14-10-19(11-15-23)16-18-8-4-3-5-9-18/h3-5,8-9,19H,1-2,6-7,10-17H2. The maximum atomic E-state index is 12.5. The average Bonchev–Trinajstić information content (AvgIpc) is 2.92. The lowest BCUT2D eigenvalue weighted by Gasteiger charge is -2.32. The number of carbonyl (C=O) groups is 2. The maximum absolute atomic E-state index is 12.5. The lowest BCUT2D eigenvalue weighted by molar-refractivity contribution is -0.141. The van der Waals surface area contributed by atoms with Gasteiger partial charge in [0.1, 0.15) is 6.42 Å². The molecular formula is C21H30N2O2. The molecule has 1 aromatic rings. The molecule has 0 spiro atoms. The third-order valence-corrected chi connectivity index (χ3v) is 5.60. The van der Waals surface area contributed by atoms with Gasteiger partial charge in [0.2, 0.25) is 11.8 Å². The van der Waals surface area contributed by atoms with E-state index in [0.717, 1.165) is 58.3 Å². The third kappa shape index (κ3) is 5.32. The van der Waals surface area contributed by atoms with Gasteiger partial charge in [0, 0.05) is 26.2 Å². The molecule has 0 N–H and O–H groups in total. The van der Waals surface area contributed by atoms with Gasteiger partial charge in [-0.2, -0.15) is 0 Å². The molecule has 1 aromatic carbocycles. The van der Waals surface area contributed by atoms with Crippen molar-refractivity contribution in [1.29, 1.82) is 0 Å². The summed E-state index contributed by atoms with van der Waals surface area (Å²) in [6, 6.07) is 10.6. The summed E-state index contributed by atoms with van der Waals surface area (Å²) in [5.41, 5.74) is 1.38. The molecule has 2 amide bonds. The van der Waals surface area contributed by atoms with Crippen molar-refractivity contribution in [3.63, 3.8) is 0 Å². The highest BCUT2D eigenvalue weighted by Crippen LogP contribution is 2.22. The number of hydrogen-bond acceptors (Lipinski definition) is 2. The van der Waals surface area contributed by atoms with E-state index >= 15 is 0 Å². The first-order chi connectivity index (χ1) is 12.2. The first-order valence-corrected chi connectivity index (χ1v) is 9.82. The van der Waals surface area contributed by atoms with Crippen LogP contribution in [0.1, 0.15) is 50.5 Å². The van der Waals surface area contributed by atoms with E-state index in [4.69, 9.17) is 0 Å². The molecule has 3 rings (SSSR count). The van der Waals surface area contributed by atoms with Crippen molar-refractivity contribution >= 4 is 11.8 Å². The summed E-state index contributed by atoms with van der Waals surface area (Å²) >= 11 is 0. The minimum absolute atomic E-state index is 0.0207. The number of likely N-dealkylation sites (tertiary alicyclic amines) is 2. The van der Waals surface area contributed by atoms with Gasteiger partial charge in [-0.25, -0.2) is 0 Å². The van der Waals surface area contributed by atoms with Gasteiger partial charge in [-0.05, 0) is 43.6 Å². The van der Waals surface area contributed by atoms with E-state index in [1.54, 1.807) is 0 Å². The zero-order valence-electron chi connectivity index (χ0n) is 15.2. The topological polar surface area (TPSA) is 40.6 Å². The molecule has 0 aliphatic carbocycles. The molecule has 2 fully saturated rings. The smallest absolute Gasteiger partial charge is 0.232 e. The Hall–Kier alpha value is -1.84. The minimum Gasteiger partial charge on any atom is -0.342 e. The van der Waals surface area contributed by atoms with Crippen LogP contribution in [-0.2, 0) is 16.0 Å². The molecule has 25 heavy (non-hydrogen) atoms. The van der Waals surface area contributed by atoms with Crippen molar-refractivity contribution in [1.82, 2.24) is 9.80 Å². The zero-order chi connectivity index (χ0) is 17.5. The van der Waals surface area contributed by atoms with Gasteiger partial charge in [-0.15, -0.1) is 0 Å². The van der Waals surface area contributed by atoms with Crippen LogP contribution in [0.2, 0.25) is 0 Å². The molecule has 0 unspecified atom stereocenters. The van der Waals surface area contributed by atoms with Gasteiger partial charge in [-0.3, -0.25) is 9.59 Å². The fraction of sp³-hybridized carbons (Fsp3) is 0.619. The van der Waals surface area contributed by atoms with Crippen molar-refractivity contribution in [2.75, 3.05) is 26.2 Å². The van der Waals surface area contributed by atoms with Crippen LogP contribution >= 0.6 is 0 Å². The summed E-state index contributed by atoms with van der Waals surface area (Å²) in [6.07, 6.45) is 7.78. The Morgan fingerprint density at radius 1 is 0.800 bits per heavy atom. The third-order valence-electron chi connectivity index (χ3n) is 5.60. The molecule has 4 nitrogen and oxygen atoms in total. The summed E-state index contributed by atoms with van der Waals surface area (Å²) in [7, 11) is 0. The van der Waals surface area contributed by atoms with E-state index in [0.29, 0.717) is 5.92 Å². The molecule has 0 aromatic heterocycles. The molecule has 2 saturated heterocycles. The minimum atomic E-state index is 0.0207. The Morgan fingerprint density at radius 3 is 1.96 bits per heavy atom. The van der Waals surface area contributed by atoms with E-state index in [-0.39, 0.29) is 18.2 Å². The summed E-state index contributed by atoms with van der Waals surface area (Å²) in [4.78, 5) is 28.7. The average molecular weight is 342 g/mol. The molecule has 4 heteroatoms. The predicted molar refractivity (Wildman–Crippen MR) is 99.1 cm³/mol. The second-order valence-corrected chi connectivity index (χ2v) is 7.49. The quantitative estimate of drug-likeness (QED) is 0.788. The summed E-state index contributed by atoms with van der Waals surface area (Å²) in [5, 5.41) is 0. The van der Waals surface area contributed by atoms with Gasteiger partial charge in [0.05, 0.1) is 0 Å². The van der Waals surface area contributed by atoms with E-state index in [2.05, 4.69) is 24.3 Å². The highest BCUT2D eigenvalue weighted by atomic mass is 16.2. The van der Waals surface area contributed by atoms with Gasteiger partial charge in [0.25, 0.3) is 0 Å². The molecule has 0 bridgehead atoms. The number of amides is 2. The Morgan fingerprint density at radius 2 is 1.36 bits per heavy atom. The van der Waals surface area contributed by atoms with Crippen LogP contribution in [0.4, 0.5) is 0 Å². The van der Waals surface area contributed by atoms with Gasteiger partial charge < -0.3 is 9.80 Å². The first kappa shape index (κ1) is 18.0. The molecule has 2 heterocycles. The zero-order valence-corrected chi connectivity index (χ0v) is 15.2. The number of carbonyl (C=O) groups excluding carboxylic acids is 2. The Balaban J connectivity index is 1.42. The maximum Gasteiger partial charge on any atom is 0.232 e. The lowest BCUT2D eigenvalue weighted by atomic mass is 9.90. The highest BCUT2D eigenvalue weighted by Gasteiger charge is 2.26. The Kier molecular flexibility index (Phi) is 6.48. The Bertz CT molecular complexity index is 557. The number of nitrogens with zero attached hydrogens (tertiary/aromatic N) is 2. The van der Waals surface area contributed by atoms with E-state index in [1.165, 1.54) is 18.4 Å². The molecule has 0 saturated carbocycles. The van der Waals surface area contributed by atoms with Crippen molar-refractivity contribution in [3.8, 4) is 0 Å². The van der Waals surface area contributed by atoms with Gasteiger partial charge in [-0.1, -0.05) is 43.2 Å². The van der Waals surface area contributed by atoms with Crippen molar-refractivity contribution in [3.05, 3.63) is 35.9 Å². The molecular weight excluding hydrogens is 312 g/mol. The number of benzene rings is 1. The van der Waals surface area contributed by atoms with Crippen molar-refractivity contribution in [2.24, 2.45) is 5.92 Å². The fourth-order valence-corrected chi connectivity index (χ4v) is 4.01. The van der Waals surface area contributed by atoms with E-state index in [1.807, 2.05) is 15.9 Å². The van der Waals surface area contributed by atoms with Crippen molar-refractivity contribution in [2.45, 2.75) is 51.4 Å².